The number of nitro benzene ring substituents is 1. The highest BCUT2D eigenvalue weighted by Gasteiger charge is 2.14. The van der Waals surface area contributed by atoms with E-state index in [9.17, 15) is 14.9 Å². The number of amides is 1. The zero-order chi connectivity index (χ0) is 19.2. The molecule has 0 fully saturated rings. The van der Waals surface area contributed by atoms with E-state index < -0.39 is 4.92 Å². The zero-order valence-corrected chi connectivity index (χ0v) is 14.8. The van der Waals surface area contributed by atoms with Crippen molar-refractivity contribution in [2.24, 2.45) is 0 Å². The van der Waals surface area contributed by atoms with Crippen LogP contribution in [0.1, 0.15) is 15.9 Å². The van der Waals surface area contributed by atoms with Crippen LogP contribution in [0, 0.1) is 10.1 Å². The summed E-state index contributed by atoms with van der Waals surface area (Å²) in [4.78, 5) is 26.7. The Labute approximate surface area is 160 Å². The Morgan fingerprint density at radius 2 is 1.78 bits per heavy atom. The van der Waals surface area contributed by atoms with E-state index in [1.807, 2.05) is 0 Å². The summed E-state index contributed by atoms with van der Waals surface area (Å²) in [7, 11) is 0. The second kappa shape index (κ2) is 8.29. The fourth-order valence-electron chi connectivity index (χ4n) is 2.42. The quantitative estimate of drug-likeness (QED) is 0.483. The molecule has 3 aromatic rings. The van der Waals surface area contributed by atoms with Gasteiger partial charge in [0.15, 0.2) is 0 Å². The number of anilines is 2. The summed E-state index contributed by atoms with van der Waals surface area (Å²) in [6.07, 6.45) is 3.20. The summed E-state index contributed by atoms with van der Waals surface area (Å²) < 4.78 is 0. The minimum Gasteiger partial charge on any atom is -0.375 e. The standard InChI is InChI=1S/C19H15ClN4O3/c20-15-5-6-17(18(11-15)24(26)27)22-12-13-1-3-14(4-2-13)19(25)23-16-7-9-21-10-8-16/h1-11,22H,12H2,(H,21,23,25). The van der Waals surface area contributed by atoms with Gasteiger partial charge >= 0.3 is 0 Å². The molecule has 0 unspecified atom stereocenters. The minimum absolute atomic E-state index is 0.0872. The van der Waals surface area contributed by atoms with Gasteiger partial charge < -0.3 is 10.6 Å². The topological polar surface area (TPSA) is 97.2 Å². The Morgan fingerprint density at radius 3 is 2.44 bits per heavy atom. The van der Waals surface area contributed by atoms with Gasteiger partial charge in [-0.15, -0.1) is 0 Å². The number of pyridine rings is 1. The molecule has 0 atom stereocenters. The first-order valence-electron chi connectivity index (χ1n) is 8.01. The van der Waals surface area contributed by atoms with Crippen LogP contribution >= 0.6 is 11.6 Å². The molecule has 0 saturated heterocycles. The third kappa shape index (κ3) is 4.80. The predicted octanol–water partition coefficient (Wildman–Crippen LogP) is 4.51. The highest BCUT2D eigenvalue weighted by atomic mass is 35.5. The van der Waals surface area contributed by atoms with Crippen molar-refractivity contribution >= 4 is 34.6 Å². The van der Waals surface area contributed by atoms with Crippen LogP contribution in [0.3, 0.4) is 0 Å². The first-order chi connectivity index (χ1) is 13.0. The van der Waals surface area contributed by atoms with E-state index in [1.54, 1.807) is 60.9 Å². The van der Waals surface area contributed by atoms with Gasteiger partial charge in [-0.05, 0) is 42.0 Å². The Hall–Kier alpha value is -3.45. The lowest BCUT2D eigenvalue weighted by Gasteiger charge is -2.09. The lowest BCUT2D eigenvalue weighted by molar-refractivity contribution is -0.383. The minimum atomic E-state index is -0.485. The van der Waals surface area contributed by atoms with Crippen LogP contribution in [0.2, 0.25) is 5.02 Å². The van der Waals surface area contributed by atoms with Crippen LogP contribution in [0.4, 0.5) is 17.1 Å². The van der Waals surface area contributed by atoms with Gasteiger partial charge in [-0.1, -0.05) is 23.7 Å². The van der Waals surface area contributed by atoms with Crippen LogP contribution in [0.5, 0.6) is 0 Å². The maximum Gasteiger partial charge on any atom is 0.293 e. The van der Waals surface area contributed by atoms with Gasteiger partial charge in [0.2, 0.25) is 0 Å². The second-order valence-corrected chi connectivity index (χ2v) is 6.10. The molecule has 2 N–H and O–H groups in total. The molecule has 1 aromatic heterocycles. The molecule has 1 amide bonds. The monoisotopic (exact) mass is 382 g/mol. The number of halogens is 1. The number of nitro groups is 1. The van der Waals surface area contributed by atoms with Crippen molar-refractivity contribution in [2.45, 2.75) is 6.54 Å². The van der Waals surface area contributed by atoms with E-state index in [0.29, 0.717) is 28.5 Å². The maximum atomic E-state index is 12.2. The molecule has 0 aliphatic carbocycles. The smallest absolute Gasteiger partial charge is 0.293 e. The molecule has 0 saturated carbocycles. The molecule has 7 nitrogen and oxygen atoms in total. The molecule has 27 heavy (non-hydrogen) atoms. The van der Waals surface area contributed by atoms with Gasteiger partial charge in [0.25, 0.3) is 11.6 Å². The van der Waals surface area contributed by atoms with Crippen molar-refractivity contribution in [2.75, 3.05) is 10.6 Å². The first-order valence-corrected chi connectivity index (χ1v) is 8.39. The number of rotatable bonds is 6. The van der Waals surface area contributed by atoms with E-state index >= 15 is 0 Å². The molecule has 1 heterocycles. The number of nitrogens with zero attached hydrogens (tertiary/aromatic N) is 2. The fraction of sp³-hybridized carbons (Fsp3) is 0.0526. The van der Waals surface area contributed by atoms with Gasteiger partial charge in [0, 0.05) is 41.3 Å². The van der Waals surface area contributed by atoms with Gasteiger partial charge in [0.1, 0.15) is 5.69 Å². The zero-order valence-electron chi connectivity index (χ0n) is 14.1. The van der Waals surface area contributed by atoms with Crippen molar-refractivity contribution < 1.29 is 9.72 Å². The third-order valence-electron chi connectivity index (χ3n) is 3.79. The molecule has 0 radical (unpaired) electrons. The lowest BCUT2D eigenvalue weighted by atomic mass is 10.1. The van der Waals surface area contributed by atoms with Gasteiger partial charge in [-0.2, -0.15) is 0 Å². The molecular weight excluding hydrogens is 368 g/mol. The fourth-order valence-corrected chi connectivity index (χ4v) is 2.58. The largest absolute Gasteiger partial charge is 0.375 e. The molecule has 0 aliphatic rings. The van der Waals surface area contributed by atoms with Crippen LogP contribution in [-0.2, 0) is 6.54 Å². The normalized spacial score (nSPS) is 10.3. The number of carbonyl (C=O) groups excluding carboxylic acids is 1. The van der Waals surface area contributed by atoms with E-state index in [0.717, 1.165) is 5.56 Å². The number of hydrogen-bond acceptors (Lipinski definition) is 5. The van der Waals surface area contributed by atoms with Crippen molar-refractivity contribution in [1.82, 2.24) is 4.98 Å². The molecule has 0 spiro atoms. The average Bonchev–Trinajstić information content (AvgIpc) is 2.68. The second-order valence-electron chi connectivity index (χ2n) is 5.66. The number of benzene rings is 2. The summed E-state index contributed by atoms with van der Waals surface area (Å²) in [5, 5.41) is 17.2. The van der Waals surface area contributed by atoms with Gasteiger partial charge in [-0.3, -0.25) is 19.9 Å². The Bertz CT molecular complexity index is 962. The summed E-state index contributed by atoms with van der Waals surface area (Å²) in [6.45, 7) is 0.370. The van der Waals surface area contributed by atoms with Crippen LogP contribution in [0.25, 0.3) is 0 Å². The predicted molar refractivity (Wildman–Crippen MR) is 104 cm³/mol. The summed E-state index contributed by atoms with van der Waals surface area (Å²) in [6, 6.07) is 14.8. The molecule has 136 valence electrons. The Kier molecular flexibility index (Phi) is 5.63. The molecule has 0 aliphatic heterocycles. The number of aromatic nitrogens is 1. The van der Waals surface area contributed by atoms with E-state index in [4.69, 9.17) is 11.6 Å². The summed E-state index contributed by atoms with van der Waals surface area (Å²) in [5.41, 5.74) is 2.34. The summed E-state index contributed by atoms with van der Waals surface area (Å²) >= 11 is 5.81. The molecular formula is C19H15ClN4O3. The highest BCUT2D eigenvalue weighted by molar-refractivity contribution is 6.30. The first kappa shape index (κ1) is 18.3. The van der Waals surface area contributed by atoms with E-state index in [-0.39, 0.29) is 11.6 Å². The van der Waals surface area contributed by atoms with Crippen molar-refractivity contribution in [1.29, 1.82) is 0 Å². The highest BCUT2D eigenvalue weighted by Crippen LogP contribution is 2.28. The van der Waals surface area contributed by atoms with E-state index in [1.165, 1.54) is 6.07 Å². The average molecular weight is 383 g/mol. The number of nitrogens with one attached hydrogen (secondary N) is 2. The SMILES string of the molecule is O=C(Nc1ccncc1)c1ccc(CNc2ccc(Cl)cc2[N+](=O)[O-])cc1. The molecule has 8 heteroatoms. The van der Waals surface area contributed by atoms with E-state index in [2.05, 4.69) is 15.6 Å². The van der Waals surface area contributed by atoms with Crippen molar-refractivity contribution in [3.05, 3.63) is 93.3 Å². The molecule has 0 bridgehead atoms. The molecule has 2 aromatic carbocycles. The Morgan fingerprint density at radius 1 is 1.07 bits per heavy atom. The van der Waals surface area contributed by atoms with Crippen LogP contribution in [-0.4, -0.2) is 15.8 Å². The summed E-state index contributed by atoms with van der Waals surface area (Å²) in [5.74, 6) is -0.228. The maximum absolute atomic E-state index is 12.2. The molecule has 3 rings (SSSR count). The number of hydrogen-bond donors (Lipinski definition) is 2. The Balaban J connectivity index is 1.65. The van der Waals surface area contributed by atoms with Gasteiger partial charge in [0.05, 0.1) is 4.92 Å². The van der Waals surface area contributed by atoms with Gasteiger partial charge in [-0.25, -0.2) is 0 Å². The van der Waals surface area contributed by atoms with Crippen molar-refractivity contribution in [3.63, 3.8) is 0 Å². The number of carbonyl (C=O) groups is 1. The third-order valence-corrected chi connectivity index (χ3v) is 4.03. The lowest BCUT2D eigenvalue weighted by Crippen LogP contribution is -2.12. The van der Waals surface area contributed by atoms with Crippen LogP contribution < -0.4 is 10.6 Å². The van der Waals surface area contributed by atoms with Crippen molar-refractivity contribution in [3.8, 4) is 0 Å². The van der Waals surface area contributed by atoms with Crippen LogP contribution in [0.15, 0.2) is 67.0 Å².